The maximum atomic E-state index is 3.46. The van der Waals surface area contributed by atoms with Gasteiger partial charge in [-0.3, -0.25) is 4.90 Å². The summed E-state index contributed by atoms with van der Waals surface area (Å²) in [6.07, 6.45) is 3.84. The van der Waals surface area contributed by atoms with E-state index in [1.54, 1.807) is 4.88 Å². The standard InChI is InChI=1S/C15H26N2S/c1-4-6-14(15-7-5-10-18-15)17-9-8-13(16-3)12(2)11-17/h5,7,10,12-14,16H,4,6,8-9,11H2,1-3H3. The molecule has 3 heteroatoms. The van der Waals surface area contributed by atoms with Crippen molar-refractivity contribution in [2.75, 3.05) is 20.1 Å². The molecule has 2 nitrogen and oxygen atoms in total. The maximum Gasteiger partial charge on any atom is 0.0441 e. The Kier molecular flexibility index (Phi) is 5.22. The monoisotopic (exact) mass is 266 g/mol. The predicted octanol–water partition coefficient (Wildman–Crippen LogP) is 3.52. The Morgan fingerprint density at radius 3 is 2.94 bits per heavy atom. The van der Waals surface area contributed by atoms with Crippen LogP contribution >= 0.6 is 11.3 Å². The third-order valence-corrected chi connectivity index (χ3v) is 5.16. The minimum absolute atomic E-state index is 0.648. The summed E-state index contributed by atoms with van der Waals surface area (Å²) in [6, 6.07) is 5.84. The van der Waals surface area contributed by atoms with Crippen molar-refractivity contribution < 1.29 is 0 Å². The van der Waals surface area contributed by atoms with Crippen molar-refractivity contribution in [2.45, 2.75) is 45.2 Å². The number of piperidine rings is 1. The molecule has 1 fully saturated rings. The fourth-order valence-corrected chi connectivity index (χ4v) is 4.04. The van der Waals surface area contributed by atoms with Crippen molar-refractivity contribution in [1.29, 1.82) is 0 Å². The number of hydrogen-bond donors (Lipinski definition) is 1. The van der Waals surface area contributed by atoms with Crippen molar-refractivity contribution in [1.82, 2.24) is 10.2 Å². The second kappa shape index (κ2) is 6.69. The van der Waals surface area contributed by atoms with Gasteiger partial charge in [0.05, 0.1) is 0 Å². The van der Waals surface area contributed by atoms with E-state index in [1.165, 1.54) is 32.4 Å². The topological polar surface area (TPSA) is 15.3 Å². The first-order chi connectivity index (χ1) is 8.76. The summed E-state index contributed by atoms with van der Waals surface area (Å²) in [6.45, 7) is 7.14. The summed E-state index contributed by atoms with van der Waals surface area (Å²) in [5, 5.41) is 5.67. The lowest BCUT2D eigenvalue weighted by Gasteiger charge is -2.41. The molecule has 18 heavy (non-hydrogen) atoms. The number of thiophene rings is 1. The van der Waals surface area contributed by atoms with E-state index in [4.69, 9.17) is 0 Å². The van der Waals surface area contributed by atoms with Gasteiger partial charge in [-0.05, 0) is 37.3 Å². The summed E-state index contributed by atoms with van der Waals surface area (Å²) < 4.78 is 0. The highest BCUT2D eigenvalue weighted by Gasteiger charge is 2.29. The van der Waals surface area contributed by atoms with E-state index in [0.29, 0.717) is 12.1 Å². The van der Waals surface area contributed by atoms with Crippen LogP contribution in [0.5, 0.6) is 0 Å². The van der Waals surface area contributed by atoms with Gasteiger partial charge in [-0.1, -0.05) is 26.3 Å². The molecule has 102 valence electrons. The van der Waals surface area contributed by atoms with E-state index in [2.05, 4.69) is 48.6 Å². The molecule has 3 atom stereocenters. The van der Waals surface area contributed by atoms with Crippen LogP contribution in [-0.4, -0.2) is 31.1 Å². The highest BCUT2D eigenvalue weighted by Crippen LogP contribution is 2.32. The second-order valence-electron chi connectivity index (χ2n) is 5.48. The third-order valence-electron chi connectivity index (χ3n) is 4.18. The molecule has 1 aromatic rings. The van der Waals surface area contributed by atoms with Crippen LogP contribution < -0.4 is 5.32 Å². The summed E-state index contributed by atoms with van der Waals surface area (Å²) in [5.41, 5.74) is 0. The zero-order valence-corrected chi connectivity index (χ0v) is 12.7. The Hall–Kier alpha value is -0.380. The Bertz CT molecular complexity index is 336. The molecule has 1 saturated heterocycles. The lowest BCUT2D eigenvalue weighted by Crippen LogP contribution is -2.48. The normalized spacial score (nSPS) is 27.3. The average Bonchev–Trinajstić information content (AvgIpc) is 2.89. The largest absolute Gasteiger partial charge is 0.317 e. The first-order valence-corrected chi connectivity index (χ1v) is 8.09. The second-order valence-corrected chi connectivity index (χ2v) is 6.46. The van der Waals surface area contributed by atoms with Crippen LogP contribution in [0.15, 0.2) is 17.5 Å². The van der Waals surface area contributed by atoms with Gasteiger partial charge in [0.25, 0.3) is 0 Å². The molecular weight excluding hydrogens is 240 g/mol. The zero-order valence-electron chi connectivity index (χ0n) is 11.9. The van der Waals surface area contributed by atoms with E-state index in [9.17, 15) is 0 Å². The highest BCUT2D eigenvalue weighted by atomic mass is 32.1. The van der Waals surface area contributed by atoms with E-state index in [0.717, 1.165) is 5.92 Å². The van der Waals surface area contributed by atoms with E-state index < -0.39 is 0 Å². The molecule has 1 aliphatic heterocycles. The van der Waals surface area contributed by atoms with Crippen LogP contribution in [0, 0.1) is 5.92 Å². The zero-order chi connectivity index (χ0) is 13.0. The Labute approximate surface area is 115 Å². The van der Waals surface area contributed by atoms with Crippen molar-refractivity contribution in [3.8, 4) is 0 Å². The van der Waals surface area contributed by atoms with Crippen LogP contribution in [0.4, 0.5) is 0 Å². The molecule has 2 heterocycles. The molecule has 1 N–H and O–H groups in total. The molecule has 0 amide bonds. The van der Waals surface area contributed by atoms with Crippen molar-refractivity contribution in [3.63, 3.8) is 0 Å². The van der Waals surface area contributed by atoms with Crippen LogP contribution in [-0.2, 0) is 0 Å². The SMILES string of the molecule is CCCC(c1cccs1)N1CCC(NC)C(C)C1. The average molecular weight is 266 g/mol. The summed E-state index contributed by atoms with van der Waals surface area (Å²) in [5.74, 6) is 0.753. The van der Waals surface area contributed by atoms with Gasteiger partial charge in [-0.2, -0.15) is 0 Å². The number of likely N-dealkylation sites (tertiary alicyclic amines) is 1. The van der Waals surface area contributed by atoms with Crippen molar-refractivity contribution >= 4 is 11.3 Å². The molecule has 1 aliphatic rings. The van der Waals surface area contributed by atoms with Gasteiger partial charge in [0.1, 0.15) is 0 Å². The van der Waals surface area contributed by atoms with Gasteiger partial charge in [-0.25, -0.2) is 0 Å². The third kappa shape index (κ3) is 3.14. The van der Waals surface area contributed by atoms with Crippen LogP contribution in [0.2, 0.25) is 0 Å². The fourth-order valence-electron chi connectivity index (χ4n) is 3.15. The van der Waals surface area contributed by atoms with Gasteiger partial charge in [-0.15, -0.1) is 11.3 Å². The molecule has 0 bridgehead atoms. The van der Waals surface area contributed by atoms with Crippen LogP contribution in [0.1, 0.15) is 44.0 Å². The lowest BCUT2D eigenvalue weighted by atomic mass is 9.92. The smallest absolute Gasteiger partial charge is 0.0441 e. The number of hydrogen-bond acceptors (Lipinski definition) is 3. The van der Waals surface area contributed by atoms with Gasteiger partial charge in [0.15, 0.2) is 0 Å². The summed E-state index contributed by atoms with van der Waals surface area (Å²) >= 11 is 1.92. The molecule has 1 aromatic heterocycles. The molecule has 0 spiro atoms. The highest BCUT2D eigenvalue weighted by molar-refractivity contribution is 7.10. The minimum Gasteiger partial charge on any atom is -0.317 e. The van der Waals surface area contributed by atoms with Crippen LogP contribution in [0.25, 0.3) is 0 Å². The maximum absolute atomic E-state index is 3.46. The minimum atomic E-state index is 0.648. The van der Waals surface area contributed by atoms with Gasteiger partial charge in [0.2, 0.25) is 0 Å². The van der Waals surface area contributed by atoms with E-state index >= 15 is 0 Å². The molecule has 0 aliphatic carbocycles. The van der Waals surface area contributed by atoms with Crippen molar-refractivity contribution in [3.05, 3.63) is 22.4 Å². The summed E-state index contributed by atoms with van der Waals surface area (Å²) in [4.78, 5) is 4.25. The van der Waals surface area contributed by atoms with Gasteiger partial charge in [0, 0.05) is 30.1 Å². The number of nitrogens with one attached hydrogen (secondary N) is 1. The quantitative estimate of drug-likeness (QED) is 0.877. The Morgan fingerprint density at radius 1 is 1.56 bits per heavy atom. The predicted molar refractivity (Wildman–Crippen MR) is 80.2 cm³/mol. The molecule has 0 saturated carbocycles. The fraction of sp³-hybridized carbons (Fsp3) is 0.733. The molecule has 3 unspecified atom stereocenters. The molecule has 2 rings (SSSR count). The summed E-state index contributed by atoms with van der Waals surface area (Å²) in [7, 11) is 2.10. The molecular formula is C15H26N2S. The number of rotatable bonds is 5. The first-order valence-electron chi connectivity index (χ1n) is 7.21. The number of nitrogens with zero attached hydrogens (tertiary/aromatic N) is 1. The van der Waals surface area contributed by atoms with Crippen molar-refractivity contribution in [2.24, 2.45) is 5.92 Å². The van der Waals surface area contributed by atoms with Gasteiger partial charge < -0.3 is 5.32 Å². The Balaban J connectivity index is 2.04. The van der Waals surface area contributed by atoms with E-state index in [-0.39, 0.29) is 0 Å². The lowest BCUT2D eigenvalue weighted by molar-refractivity contribution is 0.102. The van der Waals surface area contributed by atoms with E-state index in [1.807, 2.05) is 11.3 Å². The Morgan fingerprint density at radius 2 is 2.39 bits per heavy atom. The van der Waals surface area contributed by atoms with Crippen LogP contribution in [0.3, 0.4) is 0 Å². The molecule has 0 radical (unpaired) electrons. The van der Waals surface area contributed by atoms with Gasteiger partial charge >= 0.3 is 0 Å². The first kappa shape index (κ1) is 14.0. The molecule has 0 aromatic carbocycles.